The Balaban J connectivity index is 1.47. The number of nitrogens with zero attached hydrogens (tertiary/aromatic N) is 6. The molecular weight excluding hydrogens is 384 g/mol. The molecule has 10 heteroatoms. The number of carbonyl (C=O) groups is 2. The minimum Gasteiger partial charge on any atom is -0.444 e. The number of halogens is 1. The van der Waals surface area contributed by atoms with Crippen LogP contribution in [-0.4, -0.2) is 94.8 Å². The number of piperazine rings is 2. The van der Waals surface area contributed by atoms with Gasteiger partial charge >= 0.3 is 12.1 Å². The maximum Gasteiger partial charge on any atom is 0.410 e. The molecular formula is C18H27ClN6O3. The number of anilines is 1. The normalized spacial score (nSPS) is 18.3. The lowest BCUT2D eigenvalue weighted by Crippen LogP contribution is -2.57. The third-order valence-corrected chi connectivity index (χ3v) is 4.90. The Hall–Kier alpha value is -2.29. The van der Waals surface area contributed by atoms with Crippen LogP contribution < -0.4 is 4.90 Å². The molecule has 0 atom stereocenters. The number of rotatable bonds is 1. The first-order valence-corrected chi connectivity index (χ1v) is 9.85. The summed E-state index contributed by atoms with van der Waals surface area (Å²) in [5.74, 6) is 0.776. The number of amides is 3. The molecule has 3 heterocycles. The van der Waals surface area contributed by atoms with E-state index in [1.165, 1.54) is 6.33 Å². The maximum atomic E-state index is 12.8. The zero-order chi connectivity index (χ0) is 20.3. The lowest BCUT2D eigenvalue weighted by molar-refractivity contribution is 0.0157. The average molecular weight is 411 g/mol. The monoisotopic (exact) mass is 410 g/mol. The second-order valence-corrected chi connectivity index (χ2v) is 8.30. The molecule has 0 radical (unpaired) electrons. The molecule has 1 aromatic heterocycles. The number of aromatic nitrogens is 2. The molecule has 3 amide bonds. The van der Waals surface area contributed by atoms with Crippen molar-refractivity contribution in [1.82, 2.24) is 24.7 Å². The first-order chi connectivity index (χ1) is 13.2. The Morgan fingerprint density at radius 1 is 0.929 bits per heavy atom. The fourth-order valence-electron chi connectivity index (χ4n) is 3.23. The third-order valence-electron chi connectivity index (χ3n) is 4.70. The van der Waals surface area contributed by atoms with Crippen LogP contribution >= 0.6 is 11.6 Å². The Morgan fingerprint density at radius 3 is 2.00 bits per heavy atom. The summed E-state index contributed by atoms with van der Waals surface area (Å²) in [6.07, 6.45) is 1.12. The van der Waals surface area contributed by atoms with Crippen LogP contribution in [-0.2, 0) is 4.74 Å². The van der Waals surface area contributed by atoms with Gasteiger partial charge in [-0.15, -0.1) is 0 Å². The van der Waals surface area contributed by atoms with E-state index in [4.69, 9.17) is 16.3 Å². The van der Waals surface area contributed by atoms with E-state index in [-0.39, 0.29) is 12.1 Å². The molecule has 3 rings (SSSR count). The van der Waals surface area contributed by atoms with Crippen LogP contribution in [0.4, 0.5) is 15.4 Å². The maximum absolute atomic E-state index is 12.8. The van der Waals surface area contributed by atoms with Crippen LogP contribution in [0.3, 0.4) is 0 Å². The molecule has 2 aliphatic heterocycles. The van der Waals surface area contributed by atoms with Crippen molar-refractivity contribution in [2.24, 2.45) is 0 Å². The zero-order valence-electron chi connectivity index (χ0n) is 16.6. The van der Waals surface area contributed by atoms with Gasteiger partial charge in [0.2, 0.25) is 0 Å². The molecule has 0 unspecified atom stereocenters. The fraction of sp³-hybridized carbons (Fsp3) is 0.667. The molecule has 0 saturated carbocycles. The van der Waals surface area contributed by atoms with Gasteiger partial charge in [-0.3, -0.25) is 0 Å². The molecule has 28 heavy (non-hydrogen) atoms. The largest absolute Gasteiger partial charge is 0.444 e. The third kappa shape index (κ3) is 5.15. The number of urea groups is 1. The fourth-order valence-corrected chi connectivity index (χ4v) is 3.37. The van der Waals surface area contributed by atoms with Gasteiger partial charge in [0.25, 0.3) is 0 Å². The highest BCUT2D eigenvalue weighted by molar-refractivity contribution is 6.29. The second-order valence-electron chi connectivity index (χ2n) is 7.91. The lowest BCUT2D eigenvalue weighted by atomic mass is 10.2. The standard InChI is InChI=1S/C18H27ClN6O3/c1-18(2,3)28-17(27)25-10-8-24(9-11-25)16(26)23-6-4-22(5-7-23)15-12-14(19)20-13-21-15/h12-13H,4-11H2,1-3H3. The number of hydrogen-bond acceptors (Lipinski definition) is 6. The quantitative estimate of drug-likeness (QED) is 0.658. The van der Waals surface area contributed by atoms with Crippen LogP contribution in [0.2, 0.25) is 5.15 Å². The smallest absolute Gasteiger partial charge is 0.410 e. The first kappa shape index (κ1) is 20.4. The summed E-state index contributed by atoms with van der Waals surface area (Å²) < 4.78 is 5.40. The highest BCUT2D eigenvalue weighted by atomic mass is 35.5. The van der Waals surface area contributed by atoms with E-state index in [0.717, 1.165) is 5.82 Å². The Bertz CT molecular complexity index is 710. The molecule has 2 aliphatic rings. The summed E-state index contributed by atoms with van der Waals surface area (Å²) in [7, 11) is 0. The second kappa shape index (κ2) is 8.38. The lowest BCUT2D eigenvalue weighted by Gasteiger charge is -2.40. The van der Waals surface area contributed by atoms with E-state index in [0.29, 0.717) is 57.5 Å². The van der Waals surface area contributed by atoms with Crippen molar-refractivity contribution in [1.29, 1.82) is 0 Å². The summed E-state index contributed by atoms with van der Waals surface area (Å²) in [4.78, 5) is 40.5. The van der Waals surface area contributed by atoms with Crippen LogP contribution in [0.5, 0.6) is 0 Å². The van der Waals surface area contributed by atoms with Gasteiger partial charge in [0, 0.05) is 58.4 Å². The Morgan fingerprint density at radius 2 is 1.46 bits per heavy atom. The average Bonchev–Trinajstić information content (AvgIpc) is 2.66. The van der Waals surface area contributed by atoms with Crippen LogP contribution in [0, 0.1) is 0 Å². The van der Waals surface area contributed by atoms with Crippen molar-refractivity contribution in [2.45, 2.75) is 26.4 Å². The van der Waals surface area contributed by atoms with Gasteiger partial charge in [0.05, 0.1) is 0 Å². The minimum atomic E-state index is -0.516. The van der Waals surface area contributed by atoms with Gasteiger partial charge in [-0.25, -0.2) is 19.6 Å². The van der Waals surface area contributed by atoms with Crippen LogP contribution in [0.15, 0.2) is 12.4 Å². The van der Waals surface area contributed by atoms with Crippen molar-refractivity contribution in [3.63, 3.8) is 0 Å². The first-order valence-electron chi connectivity index (χ1n) is 9.47. The van der Waals surface area contributed by atoms with Crippen molar-refractivity contribution < 1.29 is 14.3 Å². The molecule has 2 saturated heterocycles. The molecule has 2 fully saturated rings. The molecule has 0 aliphatic carbocycles. The summed E-state index contributed by atoms with van der Waals surface area (Å²) in [5.41, 5.74) is -0.516. The van der Waals surface area contributed by atoms with Gasteiger partial charge in [-0.1, -0.05) is 11.6 Å². The summed E-state index contributed by atoms with van der Waals surface area (Å²) in [5, 5.41) is 0.409. The molecule has 1 aromatic rings. The predicted octanol–water partition coefficient (Wildman–Crippen LogP) is 1.92. The van der Waals surface area contributed by atoms with E-state index < -0.39 is 5.60 Å². The molecule has 0 bridgehead atoms. The molecule has 0 spiro atoms. The van der Waals surface area contributed by atoms with Gasteiger partial charge in [0.1, 0.15) is 22.9 Å². The minimum absolute atomic E-state index is 0.0178. The SMILES string of the molecule is CC(C)(C)OC(=O)N1CCN(C(=O)N2CCN(c3cc(Cl)ncn3)CC2)CC1. The van der Waals surface area contributed by atoms with Crippen LogP contribution in [0.25, 0.3) is 0 Å². The Kier molecular flexibility index (Phi) is 6.12. The predicted molar refractivity (Wildman–Crippen MR) is 106 cm³/mol. The van der Waals surface area contributed by atoms with E-state index in [1.54, 1.807) is 15.9 Å². The summed E-state index contributed by atoms with van der Waals surface area (Å²) >= 11 is 5.93. The van der Waals surface area contributed by atoms with Gasteiger partial charge < -0.3 is 24.3 Å². The number of hydrogen-bond donors (Lipinski definition) is 0. The molecule has 9 nitrogen and oxygen atoms in total. The van der Waals surface area contributed by atoms with Crippen molar-refractivity contribution >= 4 is 29.5 Å². The molecule has 154 valence electrons. The number of ether oxygens (including phenoxy) is 1. The highest BCUT2D eigenvalue weighted by Gasteiger charge is 2.31. The Labute approximate surface area is 170 Å². The zero-order valence-corrected chi connectivity index (χ0v) is 17.4. The van der Waals surface area contributed by atoms with Crippen molar-refractivity contribution in [2.75, 3.05) is 57.3 Å². The van der Waals surface area contributed by atoms with E-state index >= 15 is 0 Å². The van der Waals surface area contributed by atoms with E-state index in [1.807, 2.05) is 25.7 Å². The molecule has 0 aromatic carbocycles. The highest BCUT2D eigenvalue weighted by Crippen LogP contribution is 2.18. The van der Waals surface area contributed by atoms with Gasteiger partial charge in [0.15, 0.2) is 0 Å². The van der Waals surface area contributed by atoms with Crippen molar-refractivity contribution in [3.05, 3.63) is 17.5 Å². The van der Waals surface area contributed by atoms with Crippen LogP contribution in [0.1, 0.15) is 20.8 Å². The number of carbonyl (C=O) groups excluding carboxylic acids is 2. The van der Waals surface area contributed by atoms with Crippen molar-refractivity contribution in [3.8, 4) is 0 Å². The van der Waals surface area contributed by atoms with E-state index in [9.17, 15) is 9.59 Å². The topological polar surface area (TPSA) is 82.1 Å². The summed E-state index contributed by atoms with van der Waals surface area (Å²) in [6.45, 7) is 10.2. The molecule has 0 N–H and O–H groups in total. The summed E-state index contributed by atoms with van der Waals surface area (Å²) in [6, 6.07) is 1.75. The van der Waals surface area contributed by atoms with Gasteiger partial charge in [-0.2, -0.15) is 0 Å². The van der Waals surface area contributed by atoms with E-state index in [2.05, 4.69) is 14.9 Å². The van der Waals surface area contributed by atoms with Gasteiger partial charge in [-0.05, 0) is 20.8 Å².